The van der Waals surface area contributed by atoms with Crippen molar-refractivity contribution in [3.05, 3.63) is 76.1 Å². The number of aliphatic hydroxyl groups is 1. The standard InChI is InChI=1S/C22H27ClFNO/c1-16(13-18-5-9-20(23)10-6-18)22(26,17(2)15-25(3)4)14-19-7-11-21(24)12-8-19/h5-13,17,26H,14-15H2,1-4H3/b16-13+. The lowest BCUT2D eigenvalue weighted by Gasteiger charge is -2.37. The molecule has 140 valence electrons. The molecule has 26 heavy (non-hydrogen) atoms. The molecule has 0 aliphatic heterocycles. The van der Waals surface area contributed by atoms with Crippen molar-refractivity contribution in [3.63, 3.8) is 0 Å². The quantitative estimate of drug-likeness (QED) is 0.731. The van der Waals surface area contributed by atoms with Gasteiger partial charge in [0.1, 0.15) is 5.82 Å². The zero-order chi connectivity index (χ0) is 19.3. The summed E-state index contributed by atoms with van der Waals surface area (Å²) in [7, 11) is 3.99. The average molecular weight is 376 g/mol. The molecule has 2 aromatic carbocycles. The number of nitrogens with zero attached hydrogens (tertiary/aromatic N) is 1. The highest BCUT2D eigenvalue weighted by molar-refractivity contribution is 6.30. The van der Waals surface area contributed by atoms with Gasteiger partial charge in [-0.1, -0.05) is 48.9 Å². The van der Waals surface area contributed by atoms with Crippen LogP contribution in [0.3, 0.4) is 0 Å². The topological polar surface area (TPSA) is 23.5 Å². The van der Waals surface area contributed by atoms with Gasteiger partial charge >= 0.3 is 0 Å². The third kappa shape index (κ3) is 5.41. The zero-order valence-electron chi connectivity index (χ0n) is 15.8. The molecule has 0 aliphatic carbocycles. The largest absolute Gasteiger partial charge is 0.385 e. The van der Waals surface area contributed by atoms with Crippen molar-refractivity contribution >= 4 is 17.7 Å². The van der Waals surface area contributed by atoms with Crippen molar-refractivity contribution in [2.45, 2.75) is 25.9 Å². The Bertz CT molecular complexity index is 740. The van der Waals surface area contributed by atoms with Gasteiger partial charge in [0, 0.05) is 23.9 Å². The van der Waals surface area contributed by atoms with E-state index in [-0.39, 0.29) is 11.7 Å². The van der Waals surface area contributed by atoms with E-state index in [2.05, 4.69) is 4.90 Å². The Morgan fingerprint density at radius 2 is 1.73 bits per heavy atom. The molecule has 4 heteroatoms. The predicted molar refractivity (Wildman–Crippen MR) is 108 cm³/mol. The first-order valence-corrected chi connectivity index (χ1v) is 9.14. The Kier molecular flexibility index (Phi) is 6.99. The van der Waals surface area contributed by atoms with Gasteiger partial charge in [-0.25, -0.2) is 4.39 Å². The number of halogens is 2. The minimum absolute atomic E-state index is 0.00824. The van der Waals surface area contributed by atoms with Gasteiger partial charge in [-0.2, -0.15) is 0 Å². The molecule has 0 fully saturated rings. The van der Waals surface area contributed by atoms with Gasteiger partial charge in [0.25, 0.3) is 0 Å². The molecule has 0 bridgehead atoms. The third-order valence-corrected chi connectivity index (χ3v) is 5.03. The first kappa shape index (κ1) is 20.6. The van der Waals surface area contributed by atoms with Crippen LogP contribution in [0.25, 0.3) is 6.08 Å². The van der Waals surface area contributed by atoms with E-state index in [1.807, 2.05) is 58.3 Å². The molecule has 0 radical (unpaired) electrons. The first-order valence-electron chi connectivity index (χ1n) is 8.76. The van der Waals surface area contributed by atoms with Gasteiger partial charge < -0.3 is 10.0 Å². The van der Waals surface area contributed by atoms with Crippen LogP contribution < -0.4 is 0 Å². The van der Waals surface area contributed by atoms with Crippen LogP contribution in [0.1, 0.15) is 25.0 Å². The lowest BCUT2D eigenvalue weighted by atomic mass is 9.77. The maximum Gasteiger partial charge on any atom is 0.123 e. The molecule has 0 aromatic heterocycles. The maximum absolute atomic E-state index is 13.2. The fourth-order valence-electron chi connectivity index (χ4n) is 3.25. The molecule has 0 saturated carbocycles. The zero-order valence-corrected chi connectivity index (χ0v) is 16.6. The van der Waals surface area contributed by atoms with E-state index in [4.69, 9.17) is 11.6 Å². The third-order valence-electron chi connectivity index (χ3n) is 4.78. The van der Waals surface area contributed by atoms with E-state index in [0.717, 1.165) is 23.2 Å². The van der Waals surface area contributed by atoms with E-state index in [1.54, 1.807) is 12.1 Å². The van der Waals surface area contributed by atoms with Crippen LogP contribution in [-0.4, -0.2) is 36.2 Å². The van der Waals surface area contributed by atoms with E-state index in [9.17, 15) is 9.50 Å². The summed E-state index contributed by atoms with van der Waals surface area (Å²) in [6, 6.07) is 13.9. The van der Waals surface area contributed by atoms with Crippen LogP contribution in [0.2, 0.25) is 5.02 Å². The SMILES string of the molecule is C/C(=C\c1ccc(Cl)cc1)C(O)(Cc1ccc(F)cc1)C(C)CN(C)C. The number of benzene rings is 2. The van der Waals surface area contributed by atoms with E-state index >= 15 is 0 Å². The molecule has 0 spiro atoms. The van der Waals surface area contributed by atoms with Crippen molar-refractivity contribution in [3.8, 4) is 0 Å². The first-order chi connectivity index (χ1) is 12.2. The van der Waals surface area contributed by atoms with Crippen molar-refractivity contribution < 1.29 is 9.50 Å². The number of rotatable bonds is 7. The Hall–Kier alpha value is -1.68. The van der Waals surface area contributed by atoms with Crippen molar-refractivity contribution in [1.29, 1.82) is 0 Å². The molecule has 2 unspecified atom stereocenters. The lowest BCUT2D eigenvalue weighted by Crippen LogP contribution is -2.44. The molecule has 2 aromatic rings. The van der Waals surface area contributed by atoms with Crippen LogP contribution in [0.4, 0.5) is 4.39 Å². The van der Waals surface area contributed by atoms with Crippen LogP contribution >= 0.6 is 11.6 Å². The van der Waals surface area contributed by atoms with Gasteiger partial charge in [0.05, 0.1) is 5.60 Å². The summed E-state index contributed by atoms with van der Waals surface area (Å²) >= 11 is 5.96. The van der Waals surface area contributed by atoms with E-state index in [0.29, 0.717) is 11.4 Å². The maximum atomic E-state index is 13.2. The molecule has 1 N–H and O–H groups in total. The van der Waals surface area contributed by atoms with Crippen LogP contribution in [-0.2, 0) is 6.42 Å². The average Bonchev–Trinajstić information content (AvgIpc) is 2.58. The normalized spacial score (nSPS) is 15.8. The van der Waals surface area contributed by atoms with Crippen LogP contribution in [0, 0.1) is 11.7 Å². The monoisotopic (exact) mass is 375 g/mol. The number of hydrogen-bond donors (Lipinski definition) is 1. The fraction of sp³-hybridized carbons (Fsp3) is 0.364. The second-order valence-corrected chi connectivity index (χ2v) is 7.71. The van der Waals surface area contributed by atoms with E-state index in [1.165, 1.54) is 12.1 Å². The summed E-state index contributed by atoms with van der Waals surface area (Å²) < 4.78 is 13.2. The summed E-state index contributed by atoms with van der Waals surface area (Å²) in [6.45, 7) is 4.73. The fourth-order valence-corrected chi connectivity index (χ4v) is 3.37. The second-order valence-electron chi connectivity index (χ2n) is 7.27. The molecule has 2 rings (SSSR count). The molecule has 2 nitrogen and oxygen atoms in total. The van der Waals surface area contributed by atoms with Gasteiger partial charge in [0.2, 0.25) is 0 Å². The molecule has 2 atom stereocenters. The van der Waals surface area contributed by atoms with Crippen molar-refractivity contribution in [1.82, 2.24) is 4.90 Å². The van der Waals surface area contributed by atoms with Gasteiger partial charge in [-0.3, -0.25) is 0 Å². The highest BCUT2D eigenvalue weighted by Gasteiger charge is 2.36. The van der Waals surface area contributed by atoms with Crippen molar-refractivity contribution in [2.75, 3.05) is 20.6 Å². The molecule has 0 amide bonds. The molecular weight excluding hydrogens is 349 g/mol. The van der Waals surface area contributed by atoms with Gasteiger partial charge in [-0.05, 0) is 62.0 Å². The van der Waals surface area contributed by atoms with Gasteiger partial charge in [0.15, 0.2) is 0 Å². The minimum Gasteiger partial charge on any atom is -0.385 e. The molecule has 0 aliphatic rings. The summed E-state index contributed by atoms with van der Waals surface area (Å²) in [5.41, 5.74) is 1.73. The van der Waals surface area contributed by atoms with Gasteiger partial charge in [-0.15, -0.1) is 0 Å². The smallest absolute Gasteiger partial charge is 0.123 e. The van der Waals surface area contributed by atoms with Crippen LogP contribution in [0.15, 0.2) is 54.1 Å². The Morgan fingerprint density at radius 1 is 1.15 bits per heavy atom. The highest BCUT2D eigenvalue weighted by Crippen LogP contribution is 2.32. The summed E-state index contributed by atoms with van der Waals surface area (Å²) in [6.07, 6.45) is 2.42. The molecule has 0 saturated heterocycles. The predicted octanol–water partition coefficient (Wildman–Crippen LogP) is 5.05. The summed E-state index contributed by atoms with van der Waals surface area (Å²) in [4.78, 5) is 2.07. The second kappa shape index (κ2) is 8.81. The Morgan fingerprint density at radius 3 is 2.27 bits per heavy atom. The molecule has 0 heterocycles. The highest BCUT2D eigenvalue weighted by atomic mass is 35.5. The van der Waals surface area contributed by atoms with Crippen LogP contribution in [0.5, 0.6) is 0 Å². The molecular formula is C22H27ClFNO. The summed E-state index contributed by atoms with van der Waals surface area (Å²) in [5, 5.41) is 12.3. The lowest BCUT2D eigenvalue weighted by molar-refractivity contribution is 0.0149. The van der Waals surface area contributed by atoms with E-state index < -0.39 is 5.60 Å². The number of hydrogen-bond acceptors (Lipinski definition) is 2. The Labute approximate surface area is 160 Å². The summed E-state index contributed by atoms with van der Waals surface area (Å²) in [5.74, 6) is -0.279. The minimum atomic E-state index is -1.04. The Balaban J connectivity index is 2.37. The van der Waals surface area contributed by atoms with Crippen molar-refractivity contribution in [2.24, 2.45) is 5.92 Å².